The van der Waals surface area contributed by atoms with E-state index in [4.69, 9.17) is 10.00 Å². The minimum Gasteiger partial charge on any atom is -0.374 e. The Morgan fingerprint density at radius 3 is 3.33 bits per heavy atom. The summed E-state index contributed by atoms with van der Waals surface area (Å²) in [4.78, 5) is 6.30. The average Bonchev–Trinajstić information content (AvgIpc) is 2.39. The molecule has 0 amide bonds. The highest BCUT2D eigenvalue weighted by molar-refractivity contribution is 5.30. The summed E-state index contributed by atoms with van der Waals surface area (Å²) in [6.45, 7) is 4.19. The highest BCUT2D eigenvalue weighted by Crippen LogP contribution is 2.05. The molecule has 0 radical (unpaired) electrons. The summed E-state index contributed by atoms with van der Waals surface area (Å²) in [6.07, 6.45) is 1.87. The van der Waals surface area contributed by atoms with Crippen molar-refractivity contribution in [2.24, 2.45) is 0 Å². The van der Waals surface area contributed by atoms with E-state index in [1.54, 1.807) is 6.20 Å². The molecule has 0 aromatic carbocycles. The third kappa shape index (κ3) is 3.50. The lowest BCUT2D eigenvalue weighted by molar-refractivity contribution is -0.0182. The van der Waals surface area contributed by atoms with Gasteiger partial charge in [0.15, 0.2) is 0 Å². The molecule has 1 aromatic heterocycles. The molecule has 2 heterocycles. The van der Waals surface area contributed by atoms with Gasteiger partial charge in [-0.15, -0.1) is 0 Å². The van der Waals surface area contributed by atoms with Crippen LogP contribution in [0.5, 0.6) is 0 Å². The molecule has 1 unspecified atom stereocenters. The second-order valence-corrected chi connectivity index (χ2v) is 4.51. The van der Waals surface area contributed by atoms with Gasteiger partial charge >= 0.3 is 0 Å². The third-order valence-corrected chi connectivity index (χ3v) is 3.03. The van der Waals surface area contributed by atoms with Gasteiger partial charge in [-0.2, -0.15) is 5.26 Å². The topological polar surface area (TPSA) is 61.2 Å². The van der Waals surface area contributed by atoms with Crippen molar-refractivity contribution >= 4 is 0 Å². The summed E-state index contributed by atoms with van der Waals surface area (Å²) in [5, 5.41) is 12.3. The first kappa shape index (κ1) is 13.0. The van der Waals surface area contributed by atoms with Crippen molar-refractivity contribution in [2.45, 2.75) is 12.6 Å². The maximum atomic E-state index is 8.93. The highest BCUT2D eigenvalue weighted by Gasteiger charge is 2.17. The summed E-state index contributed by atoms with van der Waals surface area (Å²) in [5.74, 6) is 0. The fourth-order valence-electron chi connectivity index (χ4n) is 2.04. The van der Waals surface area contributed by atoms with Gasteiger partial charge in [-0.1, -0.05) is 6.07 Å². The van der Waals surface area contributed by atoms with Crippen molar-refractivity contribution in [1.29, 1.82) is 5.26 Å². The zero-order valence-electron chi connectivity index (χ0n) is 10.6. The van der Waals surface area contributed by atoms with Gasteiger partial charge in [-0.05, 0) is 13.1 Å². The molecule has 5 nitrogen and oxygen atoms in total. The van der Waals surface area contributed by atoms with Crippen LogP contribution in [0.15, 0.2) is 18.3 Å². The molecule has 1 aliphatic rings. The predicted molar refractivity (Wildman–Crippen MR) is 67.9 cm³/mol. The lowest BCUT2D eigenvalue weighted by Gasteiger charge is -2.30. The van der Waals surface area contributed by atoms with Crippen LogP contribution in [0.25, 0.3) is 0 Å². The molecule has 1 aliphatic heterocycles. The van der Waals surface area contributed by atoms with E-state index in [1.807, 2.05) is 12.1 Å². The number of nitriles is 1. The smallest absolute Gasteiger partial charge is 0.144 e. The summed E-state index contributed by atoms with van der Waals surface area (Å²) in [6, 6.07) is 5.87. The summed E-state index contributed by atoms with van der Waals surface area (Å²) >= 11 is 0. The number of morpholine rings is 1. The molecule has 2 rings (SSSR count). The lowest BCUT2D eigenvalue weighted by Crippen LogP contribution is -2.44. The first-order valence-corrected chi connectivity index (χ1v) is 6.14. The number of hydrogen-bond acceptors (Lipinski definition) is 5. The van der Waals surface area contributed by atoms with Crippen LogP contribution in [0.3, 0.4) is 0 Å². The number of hydrogen-bond donors (Lipinski definition) is 1. The molecule has 0 saturated carbocycles. The van der Waals surface area contributed by atoms with Crippen LogP contribution in [-0.2, 0) is 11.3 Å². The highest BCUT2D eigenvalue weighted by atomic mass is 16.5. The molecule has 18 heavy (non-hydrogen) atoms. The van der Waals surface area contributed by atoms with Crippen LogP contribution in [0, 0.1) is 11.3 Å². The molecule has 0 aliphatic carbocycles. The maximum absolute atomic E-state index is 8.93. The van der Waals surface area contributed by atoms with Crippen molar-refractivity contribution in [2.75, 3.05) is 33.3 Å². The molecule has 0 spiro atoms. The first-order chi connectivity index (χ1) is 8.79. The van der Waals surface area contributed by atoms with E-state index in [2.05, 4.69) is 28.3 Å². The van der Waals surface area contributed by atoms with Crippen LogP contribution >= 0.6 is 0 Å². The Morgan fingerprint density at radius 2 is 2.56 bits per heavy atom. The van der Waals surface area contributed by atoms with Crippen molar-refractivity contribution < 1.29 is 4.74 Å². The standard InChI is InChI=1S/C13H18N4O/c1-17-5-6-18-12(10-17)9-15-8-11-3-2-4-16-13(11)7-14/h2-4,12,15H,5-6,8-10H2,1H3. The zero-order chi connectivity index (χ0) is 12.8. The van der Waals surface area contributed by atoms with Crippen LogP contribution in [0.2, 0.25) is 0 Å². The van der Waals surface area contributed by atoms with Gasteiger partial charge in [0.1, 0.15) is 11.8 Å². The van der Waals surface area contributed by atoms with Gasteiger partial charge in [0, 0.05) is 37.9 Å². The molecule has 5 heteroatoms. The summed E-state index contributed by atoms with van der Waals surface area (Å²) < 4.78 is 5.66. The number of ether oxygens (including phenoxy) is 1. The monoisotopic (exact) mass is 246 g/mol. The third-order valence-electron chi connectivity index (χ3n) is 3.03. The number of nitrogens with one attached hydrogen (secondary N) is 1. The van der Waals surface area contributed by atoms with E-state index in [0.717, 1.165) is 31.8 Å². The van der Waals surface area contributed by atoms with E-state index in [-0.39, 0.29) is 6.10 Å². The average molecular weight is 246 g/mol. The number of nitrogens with zero attached hydrogens (tertiary/aromatic N) is 3. The number of likely N-dealkylation sites (N-methyl/N-ethyl adjacent to an activating group) is 1. The van der Waals surface area contributed by atoms with Gasteiger partial charge in [0.25, 0.3) is 0 Å². The normalized spacial score (nSPS) is 20.6. The minimum atomic E-state index is 0.228. The minimum absolute atomic E-state index is 0.228. The van der Waals surface area contributed by atoms with Gasteiger partial charge in [0.2, 0.25) is 0 Å². The van der Waals surface area contributed by atoms with E-state index in [1.165, 1.54) is 0 Å². The molecule has 1 saturated heterocycles. The van der Waals surface area contributed by atoms with E-state index < -0.39 is 0 Å². The summed E-state index contributed by atoms with van der Waals surface area (Å²) in [5.41, 5.74) is 1.43. The van der Waals surface area contributed by atoms with Crippen molar-refractivity contribution in [3.8, 4) is 6.07 Å². The van der Waals surface area contributed by atoms with Crippen molar-refractivity contribution in [3.63, 3.8) is 0 Å². The molecular formula is C13H18N4O. The second-order valence-electron chi connectivity index (χ2n) is 4.51. The number of rotatable bonds is 4. The Hall–Kier alpha value is -1.48. The Bertz CT molecular complexity index is 429. The van der Waals surface area contributed by atoms with Gasteiger partial charge in [-0.25, -0.2) is 4.98 Å². The van der Waals surface area contributed by atoms with Crippen LogP contribution < -0.4 is 5.32 Å². The zero-order valence-corrected chi connectivity index (χ0v) is 10.6. The van der Waals surface area contributed by atoms with Crippen LogP contribution in [-0.4, -0.2) is 49.3 Å². The second kappa shape index (κ2) is 6.45. The molecule has 1 atom stereocenters. The fraction of sp³-hybridized carbons (Fsp3) is 0.538. The van der Waals surface area contributed by atoms with Gasteiger partial charge in [0.05, 0.1) is 12.7 Å². The lowest BCUT2D eigenvalue weighted by atomic mass is 10.2. The molecule has 96 valence electrons. The Balaban J connectivity index is 1.80. The van der Waals surface area contributed by atoms with Gasteiger partial charge in [-0.3, -0.25) is 0 Å². The number of pyridine rings is 1. The Morgan fingerprint density at radius 1 is 1.67 bits per heavy atom. The molecule has 1 N–H and O–H groups in total. The van der Waals surface area contributed by atoms with Crippen LogP contribution in [0.4, 0.5) is 0 Å². The number of aromatic nitrogens is 1. The Kier molecular flexibility index (Phi) is 4.65. The first-order valence-electron chi connectivity index (χ1n) is 6.14. The fourth-order valence-corrected chi connectivity index (χ4v) is 2.04. The molecule has 1 aromatic rings. The quantitative estimate of drug-likeness (QED) is 0.832. The van der Waals surface area contributed by atoms with E-state index in [9.17, 15) is 0 Å². The predicted octanol–water partition coefficient (Wildman–Crippen LogP) is 0.373. The SMILES string of the molecule is CN1CCOC(CNCc2cccnc2C#N)C1. The van der Waals surface area contributed by atoms with Crippen molar-refractivity contribution in [3.05, 3.63) is 29.6 Å². The molecule has 1 fully saturated rings. The molecular weight excluding hydrogens is 228 g/mol. The Labute approximate surface area is 107 Å². The summed E-state index contributed by atoms with van der Waals surface area (Å²) in [7, 11) is 2.10. The largest absolute Gasteiger partial charge is 0.374 e. The van der Waals surface area contributed by atoms with E-state index >= 15 is 0 Å². The van der Waals surface area contributed by atoms with Crippen molar-refractivity contribution in [1.82, 2.24) is 15.2 Å². The van der Waals surface area contributed by atoms with Gasteiger partial charge < -0.3 is 15.0 Å². The molecule has 0 bridgehead atoms. The van der Waals surface area contributed by atoms with E-state index in [0.29, 0.717) is 12.2 Å². The maximum Gasteiger partial charge on any atom is 0.144 e. The van der Waals surface area contributed by atoms with Crippen LogP contribution in [0.1, 0.15) is 11.3 Å².